The number of nitrogens with one attached hydrogen (secondary N) is 1. The fraction of sp³-hybridized carbons (Fsp3) is 0.600. The largest absolute Gasteiger partial charge is 0.312 e. The number of hydrogen-bond donors (Lipinski definition) is 1. The highest BCUT2D eigenvalue weighted by molar-refractivity contribution is 5.25. The van der Waals surface area contributed by atoms with Crippen LogP contribution < -0.4 is 5.32 Å². The third-order valence-electron chi connectivity index (χ3n) is 3.78. The van der Waals surface area contributed by atoms with Gasteiger partial charge in [0.25, 0.3) is 0 Å². The minimum absolute atomic E-state index is 0.471. The van der Waals surface area contributed by atoms with Crippen molar-refractivity contribution in [3.8, 4) is 0 Å². The summed E-state index contributed by atoms with van der Waals surface area (Å²) in [5, 5.41) is 3.44. The van der Waals surface area contributed by atoms with Crippen molar-refractivity contribution in [1.82, 2.24) is 10.2 Å². The zero-order chi connectivity index (χ0) is 12.1. The van der Waals surface area contributed by atoms with Crippen molar-refractivity contribution in [1.29, 1.82) is 0 Å². The molecule has 1 heterocycles. The third-order valence-corrected chi connectivity index (χ3v) is 3.78. The Labute approximate surface area is 105 Å². The predicted octanol–water partition coefficient (Wildman–Crippen LogP) is 2.61. The first-order valence-corrected chi connectivity index (χ1v) is 6.82. The summed E-state index contributed by atoms with van der Waals surface area (Å²) < 4.78 is 0. The van der Waals surface area contributed by atoms with Gasteiger partial charge in [-0.15, -0.1) is 0 Å². The first-order valence-electron chi connectivity index (χ1n) is 6.82. The molecule has 0 bridgehead atoms. The minimum atomic E-state index is 0.471. The fourth-order valence-electron chi connectivity index (χ4n) is 2.57. The van der Waals surface area contributed by atoms with Gasteiger partial charge in [-0.1, -0.05) is 31.2 Å². The molecule has 1 fully saturated rings. The third kappa shape index (κ3) is 3.30. The highest BCUT2D eigenvalue weighted by atomic mass is 15.2. The van der Waals surface area contributed by atoms with Crippen LogP contribution in [0.5, 0.6) is 0 Å². The van der Waals surface area contributed by atoms with Crippen LogP contribution in [0.2, 0.25) is 0 Å². The summed E-state index contributed by atoms with van der Waals surface area (Å²) in [6, 6.07) is 9.53. The molecule has 0 aliphatic carbocycles. The first-order chi connectivity index (χ1) is 8.33. The Hall–Kier alpha value is -0.860. The van der Waals surface area contributed by atoms with E-state index in [0.717, 1.165) is 13.0 Å². The summed E-state index contributed by atoms with van der Waals surface area (Å²) in [5.74, 6) is 0. The summed E-state index contributed by atoms with van der Waals surface area (Å²) >= 11 is 0. The number of nitrogens with zero attached hydrogens (tertiary/aromatic N) is 1. The molecule has 0 saturated carbocycles. The van der Waals surface area contributed by atoms with Crippen LogP contribution in [0.3, 0.4) is 0 Å². The van der Waals surface area contributed by atoms with Gasteiger partial charge < -0.3 is 10.2 Å². The van der Waals surface area contributed by atoms with Gasteiger partial charge >= 0.3 is 0 Å². The molecule has 94 valence electrons. The molecule has 2 rings (SSSR count). The monoisotopic (exact) mass is 232 g/mol. The molecule has 1 aliphatic rings. The Morgan fingerprint density at radius 3 is 2.35 bits per heavy atom. The Kier molecular flexibility index (Phi) is 4.57. The van der Waals surface area contributed by atoms with Crippen molar-refractivity contribution in [3.63, 3.8) is 0 Å². The zero-order valence-electron chi connectivity index (χ0n) is 11.1. The lowest BCUT2D eigenvalue weighted by Gasteiger charge is -2.23. The smallest absolute Gasteiger partial charge is 0.0446 e. The van der Waals surface area contributed by atoms with Crippen LogP contribution in [0.15, 0.2) is 24.3 Å². The average Bonchev–Trinajstić information content (AvgIpc) is 2.89. The van der Waals surface area contributed by atoms with Gasteiger partial charge in [-0.25, -0.2) is 0 Å². The first kappa shape index (κ1) is 12.6. The van der Waals surface area contributed by atoms with E-state index in [1.807, 2.05) is 0 Å². The second kappa shape index (κ2) is 6.18. The second-order valence-electron chi connectivity index (χ2n) is 4.94. The molecule has 1 aliphatic heterocycles. The lowest BCUT2D eigenvalue weighted by atomic mass is 10.0. The van der Waals surface area contributed by atoms with Crippen LogP contribution in [0.1, 0.15) is 36.9 Å². The lowest BCUT2D eigenvalue weighted by Crippen LogP contribution is -2.31. The Morgan fingerprint density at radius 2 is 1.82 bits per heavy atom. The fourth-order valence-corrected chi connectivity index (χ4v) is 2.57. The molecule has 0 aromatic heterocycles. The molecule has 1 atom stereocenters. The van der Waals surface area contributed by atoms with Crippen LogP contribution in [0, 0.1) is 0 Å². The maximum absolute atomic E-state index is 3.44. The van der Waals surface area contributed by atoms with E-state index in [2.05, 4.69) is 48.5 Å². The molecular weight excluding hydrogens is 208 g/mol. The number of aryl methyl sites for hydroxylation is 1. The van der Waals surface area contributed by atoms with Gasteiger partial charge in [0.05, 0.1) is 0 Å². The van der Waals surface area contributed by atoms with Gasteiger partial charge in [-0.2, -0.15) is 0 Å². The molecule has 17 heavy (non-hydrogen) atoms. The number of rotatable bonds is 5. The van der Waals surface area contributed by atoms with E-state index in [0.29, 0.717) is 6.04 Å². The van der Waals surface area contributed by atoms with Crippen molar-refractivity contribution < 1.29 is 0 Å². The molecule has 1 N–H and O–H groups in total. The van der Waals surface area contributed by atoms with E-state index in [4.69, 9.17) is 0 Å². The van der Waals surface area contributed by atoms with E-state index < -0.39 is 0 Å². The number of likely N-dealkylation sites (tertiary alicyclic amines) is 1. The highest BCUT2D eigenvalue weighted by Crippen LogP contribution is 2.18. The standard InChI is InChI=1S/C15H24N2/c1-3-13-6-8-14(9-7-13)15(16-2)12-17-10-4-5-11-17/h6-9,15-16H,3-5,10-12H2,1-2H3. The maximum atomic E-state index is 3.44. The molecule has 1 aromatic rings. The van der Waals surface area contributed by atoms with E-state index >= 15 is 0 Å². The van der Waals surface area contributed by atoms with Crippen molar-refractivity contribution in [2.75, 3.05) is 26.7 Å². The summed E-state index contributed by atoms with van der Waals surface area (Å²) in [6.45, 7) is 5.88. The maximum Gasteiger partial charge on any atom is 0.0446 e. The highest BCUT2D eigenvalue weighted by Gasteiger charge is 2.17. The number of hydrogen-bond acceptors (Lipinski definition) is 2. The van der Waals surface area contributed by atoms with Gasteiger partial charge in [0.2, 0.25) is 0 Å². The topological polar surface area (TPSA) is 15.3 Å². The van der Waals surface area contributed by atoms with Gasteiger partial charge in [0.15, 0.2) is 0 Å². The Balaban J connectivity index is 2.00. The molecule has 1 saturated heterocycles. The quantitative estimate of drug-likeness (QED) is 0.839. The predicted molar refractivity (Wildman–Crippen MR) is 73.3 cm³/mol. The zero-order valence-corrected chi connectivity index (χ0v) is 11.1. The molecule has 1 unspecified atom stereocenters. The van der Waals surface area contributed by atoms with Crippen LogP contribution in [-0.4, -0.2) is 31.6 Å². The van der Waals surface area contributed by atoms with Crippen LogP contribution in [-0.2, 0) is 6.42 Å². The SMILES string of the molecule is CCc1ccc(C(CN2CCCC2)NC)cc1. The Morgan fingerprint density at radius 1 is 1.18 bits per heavy atom. The van der Waals surface area contributed by atoms with Crippen LogP contribution >= 0.6 is 0 Å². The molecule has 2 heteroatoms. The summed E-state index contributed by atoms with van der Waals surface area (Å²) in [6.07, 6.45) is 3.85. The van der Waals surface area contributed by atoms with Crippen molar-refractivity contribution in [2.24, 2.45) is 0 Å². The molecule has 0 spiro atoms. The second-order valence-corrected chi connectivity index (χ2v) is 4.94. The summed E-state index contributed by atoms with van der Waals surface area (Å²) in [7, 11) is 2.06. The van der Waals surface area contributed by atoms with Gasteiger partial charge in [-0.3, -0.25) is 0 Å². The van der Waals surface area contributed by atoms with E-state index in [-0.39, 0.29) is 0 Å². The van der Waals surface area contributed by atoms with Crippen molar-refractivity contribution in [3.05, 3.63) is 35.4 Å². The Bertz CT molecular complexity index is 325. The normalized spacial score (nSPS) is 18.5. The van der Waals surface area contributed by atoms with E-state index in [1.165, 1.54) is 37.1 Å². The molecule has 1 aromatic carbocycles. The van der Waals surface area contributed by atoms with Crippen molar-refractivity contribution >= 4 is 0 Å². The summed E-state index contributed by atoms with van der Waals surface area (Å²) in [4.78, 5) is 2.56. The van der Waals surface area contributed by atoms with Crippen LogP contribution in [0.4, 0.5) is 0 Å². The average molecular weight is 232 g/mol. The van der Waals surface area contributed by atoms with E-state index in [9.17, 15) is 0 Å². The summed E-state index contributed by atoms with van der Waals surface area (Å²) in [5.41, 5.74) is 2.83. The molecule has 0 radical (unpaired) electrons. The van der Waals surface area contributed by atoms with Gasteiger partial charge in [0, 0.05) is 12.6 Å². The van der Waals surface area contributed by atoms with Crippen LogP contribution in [0.25, 0.3) is 0 Å². The van der Waals surface area contributed by atoms with Crippen molar-refractivity contribution in [2.45, 2.75) is 32.2 Å². The number of likely N-dealkylation sites (N-methyl/N-ethyl adjacent to an activating group) is 1. The molecular formula is C15H24N2. The minimum Gasteiger partial charge on any atom is -0.312 e. The van der Waals surface area contributed by atoms with E-state index in [1.54, 1.807) is 0 Å². The van der Waals surface area contributed by atoms with Gasteiger partial charge in [-0.05, 0) is 50.5 Å². The lowest BCUT2D eigenvalue weighted by molar-refractivity contribution is 0.299. The molecule has 2 nitrogen and oxygen atoms in total. The van der Waals surface area contributed by atoms with Gasteiger partial charge in [0.1, 0.15) is 0 Å². The number of benzene rings is 1. The molecule has 0 amide bonds.